The van der Waals surface area contributed by atoms with Gasteiger partial charge in [0.2, 0.25) is 0 Å². The average Bonchev–Trinajstić information content (AvgIpc) is 2.69. The van der Waals surface area contributed by atoms with Crippen molar-refractivity contribution in [2.24, 2.45) is 5.92 Å². The molecular weight excluding hydrogens is 326 g/mol. The quantitative estimate of drug-likeness (QED) is 0.777. The topological polar surface area (TPSA) is 40.0 Å². The molecule has 0 unspecified atom stereocenters. The third-order valence-corrected chi connectivity index (χ3v) is 4.94. The highest BCUT2D eigenvalue weighted by atomic mass is 16.5. The second-order valence-corrected chi connectivity index (χ2v) is 6.87. The third kappa shape index (κ3) is 5.33. The molecule has 1 aliphatic heterocycles. The number of ether oxygens (including phenoxy) is 2. The second-order valence-electron chi connectivity index (χ2n) is 6.87. The van der Waals surface area contributed by atoms with Gasteiger partial charge >= 0.3 is 5.97 Å². The molecule has 138 valence electrons. The molecular formula is C22H28NO3+. The summed E-state index contributed by atoms with van der Waals surface area (Å²) in [4.78, 5) is 13.4. The van der Waals surface area contributed by atoms with Crippen LogP contribution in [0.4, 0.5) is 0 Å². The smallest absolute Gasteiger partial charge is 0.309 e. The first kappa shape index (κ1) is 18.5. The van der Waals surface area contributed by atoms with Gasteiger partial charge in [0, 0.05) is 18.4 Å². The zero-order valence-corrected chi connectivity index (χ0v) is 15.4. The molecule has 4 heteroatoms. The van der Waals surface area contributed by atoms with Crippen molar-refractivity contribution in [1.82, 2.24) is 0 Å². The summed E-state index contributed by atoms with van der Waals surface area (Å²) < 4.78 is 11.0. The lowest BCUT2D eigenvalue weighted by molar-refractivity contribution is -0.919. The Kier molecular flexibility index (Phi) is 6.67. The molecule has 2 aromatic rings. The number of piperidine rings is 1. The van der Waals surface area contributed by atoms with Crippen LogP contribution >= 0.6 is 0 Å². The fourth-order valence-electron chi connectivity index (χ4n) is 3.43. The minimum atomic E-state index is -0.0218. The molecule has 0 atom stereocenters. The van der Waals surface area contributed by atoms with Crippen molar-refractivity contribution in [3.05, 3.63) is 65.7 Å². The summed E-state index contributed by atoms with van der Waals surface area (Å²) in [5, 5.41) is 0. The summed E-state index contributed by atoms with van der Waals surface area (Å²) >= 11 is 0. The van der Waals surface area contributed by atoms with E-state index >= 15 is 0 Å². The first-order valence-corrected chi connectivity index (χ1v) is 9.50. The summed E-state index contributed by atoms with van der Waals surface area (Å²) in [5.74, 6) is 0.965. The van der Waals surface area contributed by atoms with Gasteiger partial charge in [-0.3, -0.25) is 4.79 Å². The van der Waals surface area contributed by atoms with Crippen LogP contribution < -0.4 is 9.64 Å². The minimum absolute atomic E-state index is 0.0218. The zero-order chi connectivity index (χ0) is 18.2. The van der Waals surface area contributed by atoms with Gasteiger partial charge in [0.1, 0.15) is 18.9 Å². The number of hydrogen-bond acceptors (Lipinski definition) is 3. The van der Waals surface area contributed by atoms with E-state index < -0.39 is 0 Å². The van der Waals surface area contributed by atoms with Crippen LogP contribution in [0.15, 0.2) is 54.6 Å². The van der Waals surface area contributed by atoms with Crippen LogP contribution in [0.2, 0.25) is 0 Å². The van der Waals surface area contributed by atoms with E-state index in [1.54, 1.807) is 0 Å². The Balaban J connectivity index is 1.44. The molecule has 3 rings (SSSR count). The maximum Gasteiger partial charge on any atom is 0.309 e. The predicted molar refractivity (Wildman–Crippen MR) is 101 cm³/mol. The van der Waals surface area contributed by atoms with Crippen molar-refractivity contribution in [3.63, 3.8) is 0 Å². The highest BCUT2D eigenvalue weighted by Crippen LogP contribution is 2.15. The van der Waals surface area contributed by atoms with Gasteiger partial charge < -0.3 is 14.4 Å². The SMILES string of the molecule is CCOC(=O)C1CC[NH+](Cc2ccc(OCc3ccccc3)cc2)CC1. The number of carbonyl (C=O) groups is 1. The van der Waals surface area contributed by atoms with E-state index in [1.165, 1.54) is 16.0 Å². The van der Waals surface area contributed by atoms with Crippen LogP contribution in [-0.2, 0) is 22.7 Å². The summed E-state index contributed by atoms with van der Waals surface area (Å²) in [7, 11) is 0. The molecule has 1 heterocycles. The standard InChI is InChI=1S/C22H27NO3/c1-2-25-22(24)20-12-14-23(15-13-20)16-18-8-10-21(11-9-18)26-17-19-6-4-3-5-7-19/h3-11,20H,2,12-17H2,1H3/p+1. The molecule has 0 bridgehead atoms. The summed E-state index contributed by atoms with van der Waals surface area (Å²) in [6, 6.07) is 18.6. The molecule has 0 amide bonds. The van der Waals surface area contributed by atoms with Crippen LogP contribution in [0.3, 0.4) is 0 Å². The van der Waals surface area contributed by atoms with E-state index in [9.17, 15) is 4.79 Å². The Bertz CT molecular complexity index is 676. The summed E-state index contributed by atoms with van der Waals surface area (Å²) in [6.07, 6.45) is 1.85. The number of likely N-dealkylation sites (tertiary alicyclic amines) is 1. The van der Waals surface area contributed by atoms with Gasteiger partial charge in [0.15, 0.2) is 0 Å². The summed E-state index contributed by atoms with van der Waals surface area (Å²) in [6.45, 7) is 5.98. The van der Waals surface area contributed by atoms with E-state index in [2.05, 4.69) is 24.3 Å². The molecule has 1 saturated heterocycles. The molecule has 0 spiro atoms. The normalized spacial score (nSPS) is 19.7. The van der Waals surface area contributed by atoms with Gasteiger partial charge in [0.25, 0.3) is 0 Å². The van der Waals surface area contributed by atoms with Crippen molar-refractivity contribution in [2.45, 2.75) is 32.9 Å². The largest absolute Gasteiger partial charge is 0.489 e. The number of carbonyl (C=O) groups excluding carboxylic acids is 1. The van der Waals surface area contributed by atoms with Crippen LogP contribution in [0.1, 0.15) is 30.9 Å². The van der Waals surface area contributed by atoms with Crippen molar-refractivity contribution in [1.29, 1.82) is 0 Å². The van der Waals surface area contributed by atoms with Crippen LogP contribution in [0, 0.1) is 5.92 Å². The summed E-state index contributed by atoms with van der Waals surface area (Å²) in [5.41, 5.74) is 2.48. The number of hydrogen-bond donors (Lipinski definition) is 1. The van der Waals surface area contributed by atoms with Gasteiger partial charge in [-0.05, 0) is 36.8 Å². The highest BCUT2D eigenvalue weighted by molar-refractivity contribution is 5.72. The number of quaternary nitrogens is 1. The number of nitrogens with one attached hydrogen (secondary N) is 1. The lowest BCUT2D eigenvalue weighted by Crippen LogP contribution is -3.11. The minimum Gasteiger partial charge on any atom is -0.489 e. The Hall–Kier alpha value is -2.33. The lowest BCUT2D eigenvalue weighted by atomic mass is 9.96. The van der Waals surface area contributed by atoms with Crippen LogP contribution in [0.5, 0.6) is 5.75 Å². The third-order valence-electron chi connectivity index (χ3n) is 4.94. The van der Waals surface area contributed by atoms with Crippen molar-refractivity contribution in [3.8, 4) is 5.75 Å². The number of esters is 1. The molecule has 26 heavy (non-hydrogen) atoms. The van der Waals surface area contributed by atoms with Crippen LogP contribution in [0.25, 0.3) is 0 Å². The Morgan fingerprint density at radius 3 is 2.35 bits per heavy atom. The van der Waals surface area contributed by atoms with E-state index in [-0.39, 0.29) is 11.9 Å². The fourth-order valence-corrected chi connectivity index (χ4v) is 3.43. The molecule has 0 aliphatic carbocycles. The molecule has 0 saturated carbocycles. The molecule has 4 nitrogen and oxygen atoms in total. The van der Waals surface area contributed by atoms with E-state index in [0.29, 0.717) is 13.2 Å². The second kappa shape index (κ2) is 9.39. The Morgan fingerprint density at radius 2 is 1.69 bits per heavy atom. The van der Waals surface area contributed by atoms with Gasteiger partial charge in [-0.25, -0.2) is 0 Å². The van der Waals surface area contributed by atoms with Crippen LogP contribution in [-0.4, -0.2) is 25.7 Å². The number of benzene rings is 2. The van der Waals surface area contributed by atoms with E-state index in [4.69, 9.17) is 9.47 Å². The first-order chi connectivity index (χ1) is 12.7. The monoisotopic (exact) mass is 354 g/mol. The fraction of sp³-hybridized carbons (Fsp3) is 0.409. The Labute approximate surface area is 155 Å². The first-order valence-electron chi connectivity index (χ1n) is 9.50. The number of rotatable bonds is 7. The van der Waals surface area contributed by atoms with Crippen molar-refractivity contribution >= 4 is 5.97 Å². The molecule has 2 aromatic carbocycles. The molecule has 1 aliphatic rings. The molecule has 0 aromatic heterocycles. The van der Waals surface area contributed by atoms with E-state index in [1.807, 2.05) is 37.3 Å². The van der Waals surface area contributed by atoms with Crippen molar-refractivity contribution in [2.75, 3.05) is 19.7 Å². The highest BCUT2D eigenvalue weighted by Gasteiger charge is 2.28. The van der Waals surface area contributed by atoms with E-state index in [0.717, 1.165) is 38.2 Å². The van der Waals surface area contributed by atoms with Gasteiger partial charge in [0.05, 0.1) is 25.6 Å². The van der Waals surface area contributed by atoms with Crippen molar-refractivity contribution < 1.29 is 19.2 Å². The lowest BCUT2D eigenvalue weighted by Gasteiger charge is -2.28. The maximum absolute atomic E-state index is 11.8. The Morgan fingerprint density at radius 1 is 1.00 bits per heavy atom. The van der Waals surface area contributed by atoms with Gasteiger partial charge in [-0.15, -0.1) is 0 Å². The molecule has 1 N–H and O–H groups in total. The molecule has 1 fully saturated rings. The average molecular weight is 354 g/mol. The molecule has 0 radical (unpaired) electrons. The predicted octanol–water partition coefficient (Wildman–Crippen LogP) is 2.62. The van der Waals surface area contributed by atoms with Gasteiger partial charge in [-0.2, -0.15) is 0 Å². The van der Waals surface area contributed by atoms with Gasteiger partial charge in [-0.1, -0.05) is 30.3 Å². The zero-order valence-electron chi connectivity index (χ0n) is 15.4. The maximum atomic E-state index is 11.8.